The molecule has 0 radical (unpaired) electrons. The second-order valence-electron chi connectivity index (χ2n) is 9.15. The van der Waals surface area contributed by atoms with Crippen LogP contribution in [0, 0.1) is 5.82 Å². The second-order valence-corrected chi connectivity index (χ2v) is 9.15. The van der Waals surface area contributed by atoms with Gasteiger partial charge in [-0.25, -0.2) is 4.39 Å². The zero-order valence-electron chi connectivity index (χ0n) is 19.9. The highest BCUT2D eigenvalue weighted by Crippen LogP contribution is 2.26. The Bertz CT molecular complexity index is 923. The van der Waals surface area contributed by atoms with Crippen molar-refractivity contribution in [3.63, 3.8) is 0 Å². The Kier molecular flexibility index (Phi) is 8.87. The van der Waals surface area contributed by atoms with Gasteiger partial charge in [0.25, 0.3) is 5.91 Å². The fraction of sp³-hybridized carbons (Fsp3) is 0.481. The van der Waals surface area contributed by atoms with Crippen LogP contribution in [0.4, 0.5) is 4.39 Å². The molecule has 1 aliphatic rings. The van der Waals surface area contributed by atoms with Gasteiger partial charge in [0.1, 0.15) is 17.6 Å². The van der Waals surface area contributed by atoms with E-state index in [-0.39, 0.29) is 42.7 Å². The van der Waals surface area contributed by atoms with Gasteiger partial charge in [-0.3, -0.25) is 9.59 Å². The van der Waals surface area contributed by atoms with Gasteiger partial charge >= 0.3 is 0 Å². The SMILES string of the molecule is CC(C)c1ccccc1OCC(=O)N(Cc1ccc(F)cc1)[C@@H](C)C(=O)NC1CCCCC1. The van der Waals surface area contributed by atoms with E-state index in [4.69, 9.17) is 4.74 Å². The molecule has 5 nitrogen and oxygen atoms in total. The molecule has 1 N–H and O–H groups in total. The quantitative estimate of drug-likeness (QED) is 0.567. The van der Waals surface area contributed by atoms with Gasteiger partial charge in [0.15, 0.2) is 6.61 Å². The second kappa shape index (κ2) is 11.8. The summed E-state index contributed by atoms with van der Waals surface area (Å²) < 4.78 is 19.3. The topological polar surface area (TPSA) is 58.6 Å². The summed E-state index contributed by atoms with van der Waals surface area (Å²) in [6.07, 6.45) is 5.37. The lowest BCUT2D eigenvalue weighted by molar-refractivity contribution is -0.142. The molecule has 0 bridgehead atoms. The molecule has 1 fully saturated rings. The van der Waals surface area contributed by atoms with Crippen LogP contribution in [-0.2, 0) is 16.1 Å². The van der Waals surface area contributed by atoms with Crippen molar-refractivity contribution in [3.8, 4) is 5.75 Å². The number of nitrogens with one attached hydrogen (secondary N) is 1. The molecular formula is C27H35FN2O3. The Hall–Kier alpha value is -2.89. The molecular weight excluding hydrogens is 419 g/mol. The number of hydrogen-bond donors (Lipinski definition) is 1. The minimum Gasteiger partial charge on any atom is -0.483 e. The third kappa shape index (κ3) is 7.04. The van der Waals surface area contributed by atoms with E-state index in [0.717, 1.165) is 36.8 Å². The number of hydrogen-bond acceptors (Lipinski definition) is 3. The number of carbonyl (C=O) groups excluding carboxylic acids is 2. The zero-order valence-corrected chi connectivity index (χ0v) is 19.9. The summed E-state index contributed by atoms with van der Waals surface area (Å²) in [6.45, 7) is 5.91. The van der Waals surface area contributed by atoms with Crippen molar-refractivity contribution in [2.75, 3.05) is 6.61 Å². The van der Waals surface area contributed by atoms with Gasteiger partial charge in [0.2, 0.25) is 5.91 Å². The van der Waals surface area contributed by atoms with E-state index in [1.165, 1.54) is 23.5 Å². The van der Waals surface area contributed by atoms with E-state index >= 15 is 0 Å². The van der Waals surface area contributed by atoms with Crippen molar-refractivity contribution in [1.29, 1.82) is 0 Å². The third-order valence-corrected chi connectivity index (χ3v) is 6.28. The number of ether oxygens (including phenoxy) is 1. The summed E-state index contributed by atoms with van der Waals surface area (Å²) in [7, 11) is 0. The van der Waals surface area contributed by atoms with Crippen molar-refractivity contribution in [2.45, 2.75) is 77.4 Å². The van der Waals surface area contributed by atoms with Gasteiger partial charge in [0, 0.05) is 12.6 Å². The van der Waals surface area contributed by atoms with Crippen LogP contribution in [0.25, 0.3) is 0 Å². The summed E-state index contributed by atoms with van der Waals surface area (Å²) in [5.74, 6) is 0.131. The largest absolute Gasteiger partial charge is 0.483 e. The van der Waals surface area contributed by atoms with E-state index < -0.39 is 6.04 Å². The third-order valence-electron chi connectivity index (χ3n) is 6.28. The van der Waals surface area contributed by atoms with Gasteiger partial charge in [0.05, 0.1) is 0 Å². The van der Waals surface area contributed by atoms with Crippen LogP contribution < -0.4 is 10.1 Å². The molecule has 33 heavy (non-hydrogen) atoms. The molecule has 0 saturated heterocycles. The summed E-state index contributed by atoms with van der Waals surface area (Å²) in [4.78, 5) is 27.8. The summed E-state index contributed by atoms with van der Waals surface area (Å²) in [5, 5.41) is 3.11. The fourth-order valence-electron chi connectivity index (χ4n) is 4.25. The molecule has 0 heterocycles. The first-order valence-electron chi connectivity index (χ1n) is 11.9. The van der Waals surface area contributed by atoms with E-state index in [1.807, 2.05) is 24.3 Å². The maximum atomic E-state index is 13.4. The average Bonchev–Trinajstić information content (AvgIpc) is 2.82. The number of para-hydroxylation sites is 1. The highest BCUT2D eigenvalue weighted by atomic mass is 19.1. The van der Waals surface area contributed by atoms with Crippen molar-refractivity contribution < 1.29 is 18.7 Å². The first-order chi connectivity index (χ1) is 15.8. The molecule has 178 valence electrons. The van der Waals surface area contributed by atoms with Gasteiger partial charge < -0.3 is 15.0 Å². The Morgan fingerprint density at radius 1 is 1.03 bits per heavy atom. The minimum atomic E-state index is -0.673. The summed E-state index contributed by atoms with van der Waals surface area (Å²) in [6, 6.07) is 13.1. The minimum absolute atomic E-state index is 0.158. The van der Waals surface area contributed by atoms with Gasteiger partial charge in [-0.05, 0) is 55.0 Å². The molecule has 2 aromatic rings. The van der Waals surface area contributed by atoms with E-state index in [9.17, 15) is 14.0 Å². The summed E-state index contributed by atoms with van der Waals surface area (Å²) in [5.41, 5.74) is 1.78. The van der Waals surface area contributed by atoms with Crippen LogP contribution in [0.3, 0.4) is 0 Å². The number of carbonyl (C=O) groups is 2. The van der Waals surface area contributed by atoms with Crippen molar-refractivity contribution in [3.05, 3.63) is 65.5 Å². The number of nitrogens with zero attached hydrogens (tertiary/aromatic N) is 1. The zero-order chi connectivity index (χ0) is 23.8. The van der Waals surface area contributed by atoms with Crippen LogP contribution in [0.2, 0.25) is 0 Å². The Morgan fingerprint density at radius 2 is 1.70 bits per heavy atom. The lowest BCUT2D eigenvalue weighted by atomic mass is 9.95. The molecule has 0 spiro atoms. The van der Waals surface area contributed by atoms with Crippen LogP contribution in [0.1, 0.15) is 69.9 Å². The molecule has 6 heteroatoms. The lowest BCUT2D eigenvalue weighted by Crippen LogP contribution is -2.51. The van der Waals surface area contributed by atoms with E-state index in [2.05, 4.69) is 19.2 Å². The number of benzene rings is 2. The predicted octanol–water partition coefficient (Wildman–Crippen LogP) is 5.19. The normalized spacial score (nSPS) is 15.2. The first-order valence-corrected chi connectivity index (χ1v) is 11.9. The molecule has 1 atom stereocenters. The molecule has 1 saturated carbocycles. The fourth-order valence-corrected chi connectivity index (χ4v) is 4.25. The van der Waals surface area contributed by atoms with Crippen molar-refractivity contribution >= 4 is 11.8 Å². The van der Waals surface area contributed by atoms with Crippen molar-refractivity contribution in [1.82, 2.24) is 10.2 Å². The van der Waals surface area contributed by atoms with Gasteiger partial charge in [-0.2, -0.15) is 0 Å². The lowest BCUT2D eigenvalue weighted by Gasteiger charge is -2.31. The molecule has 1 aliphatic carbocycles. The van der Waals surface area contributed by atoms with Crippen molar-refractivity contribution in [2.24, 2.45) is 0 Å². The highest BCUT2D eigenvalue weighted by Gasteiger charge is 2.28. The molecule has 0 aromatic heterocycles. The molecule has 0 unspecified atom stereocenters. The monoisotopic (exact) mass is 454 g/mol. The highest BCUT2D eigenvalue weighted by molar-refractivity contribution is 5.88. The Morgan fingerprint density at radius 3 is 2.36 bits per heavy atom. The predicted molar refractivity (Wildman–Crippen MR) is 127 cm³/mol. The molecule has 2 aromatic carbocycles. The molecule has 2 amide bonds. The van der Waals surface area contributed by atoms with E-state index in [0.29, 0.717) is 5.75 Å². The van der Waals surface area contributed by atoms with E-state index in [1.54, 1.807) is 19.1 Å². The summed E-state index contributed by atoms with van der Waals surface area (Å²) >= 11 is 0. The Labute approximate surface area is 196 Å². The average molecular weight is 455 g/mol. The maximum Gasteiger partial charge on any atom is 0.261 e. The first kappa shape index (κ1) is 24.7. The van der Waals surface area contributed by atoms with Crippen LogP contribution in [0.5, 0.6) is 5.75 Å². The van der Waals surface area contributed by atoms with Gasteiger partial charge in [-0.1, -0.05) is 63.4 Å². The maximum absolute atomic E-state index is 13.4. The Balaban J connectivity index is 1.73. The smallest absolute Gasteiger partial charge is 0.261 e. The number of rotatable bonds is 9. The molecule has 0 aliphatic heterocycles. The standard InChI is InChI=1S/C27H35FN2O3/c1-19(2)24-11-7-8-12-25(24)33-18-26(31)30(17-21-13-15-22(28)16-14-21)20(3)27(32)29-23-9-5-4-6-10-23/h7-8,11-16,19-20,23H,4-6,9-10,17-18H2,1-3H3,(H,29,32)/t20-/m0/s1. The molecule has 3 rings (SSSR count). The number of amides is 2. The van der Waals surface area contributed by atoms with Crippen LogP contribution in [-0.4, -0.2) is 35.4 Å². The van der Waals surface area contributed by atoms with Crippen LogP contribution >= 0.6 is 0 Å². The number of halogens is 1. The van der Waals surface area contributed by atoms with Crippen LogP contribution in [0.15, 0.2) is 48.5 Å². The van der Waals surface area contributed by atoms with Gasteiger partial charge in [-0.15, -0.1) is 0 Å².